The molecule has 3 rings (SSSR count). The van der Waals surface area contributed by atoms with E-state index in [2.05, 4.69) is 0 Å². The average molecular weight is 489 g/mol. The number of carbonyl (C=O) groups excluding carboxylic acids is 1. The number of hydrogen-bond donors (Lipinski definition) is 0. The smallest absolute Gasteiger partial charge is 0.545 e. The van der Waals surface area contributed by atoms with E-state index in [1.807, 2.05) is 60.7 Å². The van der Waals surface area contributed by atoms with Crippen molar-refractivity contribution in [2.75, 3.05) is 0 Å². The summed E-state index contributed by atoms with van der Waals surface area (Å²) < 4.78 is 24.8. The third-order valence-corrected chi connectivity index (χ3v) is 5.78. The molecular weight excluding hydrogens is 471 g/mol. The second-order valence-electron chi connectivity index (χ2n) is 5.85. The Morgan fingerprint density at radius 2 is 1.18 bits per heavy atom. The molecule has 0 fully saturated rings. The van der Waals surface area contributed by atoms with Gasteiger partial charge in [0.25, 0.3) is 0 Å². The third kappa shape index (κ3) is 6.01. The molecule has 3 aromatic rings. The first-order valence-electron chi connectivity index (χ1n) is 8.36. The minimum absolute atomic E-state index is 0. The van der Waals surface area contributed by atoms with E-state index in [4.69, 9.17) is 9.05 Å². The van der Waals surface area contributed by atoms with E-state index in [1.165, 1.54) is 24.3 Å². The maximum absolute atomic E-state index is 13.4. The second kappa shape index (κ2) is 10.5. The molecule has 0 saturated heterocycles. The normalized spacial score (nSPS) is 10.9. The van der Waals surface area contributed by atoms with Crippen molar-refractivity contribution in [2.45, 2.75) is 13.2 Å². The molecule has 28 heavy (non-hydrogen) atoms. The summed E-state index contributed by atoms with van der Waals surface area (Å²) in [4.78, 5) is 10.9. The van der Waals surface area contributed by atoms with Crippen LogP contribution in [0.2, 0.25) is 0 Å². The Morgan fingerprint density at radius 3 is 1.57 bits per heavy atom. The maximum atomic E-state index is 13.4. The number of carboxylic acids is 1. The Balaban J connectivity index is 0.00000280. The molecule has 0 aliphatic heterocycles. The summed E-state index contributed by atoms with van der Waals surface area (Å²) in [5.74, 6) is -1.30. The quantitative estimate of drug-likeness (QED) is 0.359. The van der Waals surface area contributed by atoms with E-state index in [1.54, 1.807) is 0 Å². The van der Waals surface area contributed by atoms with Gasteiger partial charge in [0.1, 0.15) is 0 Å². The molecule has 0 bridgehead atoms. The van der Waals surface area contributed by atoms with Gasteiger partial charge in [-0.3, -0.25) is 4.57 Å². The van der Waals surface area contributed by atoms with Crippen LogP contribution in [0.1, 0.15) is 21.5 Å². The first-order chi connectivity index (χ1) is 13.1. The number of aromatic carboxylic acids is 1. The average Bonchev–Trinajstić information content (AvgIpc) is 2.72. The first-order valence-corrected chi connectivity index (χ1v) is 9.90. The van der Waals surface area contributed by atoms with E-state index in [9.17, 15) is 14.5 Å². The zero-order chi connectivity index (χ0) is 19.1. The Labute approximate surface area is 179 Å². The van der Waals surface area contributed by atoms with Crippen LogP contribution < -0.4 is 10.4 Å². The molecule has 0 amide bonds. The predicted molar refractivity (Wildman–Crippen MR) is 100 cm³/mol. The Bertz CT molecular complexity index is 883. The largest absolute Gasteiger partial charge is 1.00 e. The van der Waals surface area contributed by atoms with Gasteiger partial charge in [-0.25, -0.2) is 0 Å². The zero-order valence-corrected chi connectivity index (χ0v) is 17.2. The molecule has 0 unspecified atom stereocenters. The number of benzene rings is 3. The fraction of sp³-hybridized carbons (Fsp3) is 0.0952. The number of hydrogen-bond acceptors (Lipinski definition) is 5. The van der Waals surface area contributed by atoms with Gasteiger partial charge < -0.3 is 18.9 Å². The number of carbonyl (C=O) groups is 1. The van der Waals surface area contributed by atoms with E-state index in [0.717, 1.165) is 11.1 Å². The molecular formula is C21H18AgO5P. The third-order valence-electron chi connectivity index (χ3n) is 3.91. The molecule has 3 aromatic carbocycles. The molecule has 0 radical (unpaired) electrons. The molecule has 0 atom stereocenters. The van der Waals surface area contributed by atoms with E-state index >= 15 is 0 Å². The maximum Gasteiger partial charge on any atom is 1.00 e. The van der Waals surface area contributed by atoms with Crippen LogP contribution in [0.5, 0.6) is 0 Å². The molecule has 148 valence electrons. The fourth-order valence-electron chi connectivity index (χ4n) is 2.43. The fourth-order valence-corrected chi connectivity index (χ4v) is 3.96. The van der Waals surface area contributed by atoms with Crippen molar-refractivity contribution >= 4 is 18.9 Å². The van der Waals surface area contributed by atoms with E-state index < -0.39 is 13.6 Å². The second-order valence-corrected chi connectivity index (χ2v) is 7.88. The van der Waals surface area contributed by atoms with Crippen molar-refractivity contribution in [3.05, 3.63) is 102 Å². The Hall–Kier alpha value is -1.98. The van der Waals surface area contributed by atoms with Gasteiger partial charge in [0.05, 0.1) is 24.5 Å². The van der Waals surface area contributed by atoms with Gasteiger partial charge in [-0.15, -0.1) is 0 Å². The van der Waals surface area contributed by atoms with Crippen LogP contribution in [0, 0.1) is 0 Å². The molecule has 0 aliphatic rings. The summed E-state index contributed by atoms with van der Waals surface area (Å²) in [6.45, 7) is 0.213. The van der Waals surface area contributed by atoms with Gasteiger partial charge >= 0.3 is 30.0 Å². The van der Waals surface area contributed by atoms with Crippen LogP contribution >= 0.6 is 7.60 Å². The standard InChI is InChI=1S/C21H19O5P.Ag/c22-21(23)19-11-13-20(14-12-19)27(24,25-15-17-7-3-1-4-8-17)26-16-18-9-5-2-6-10-18;/h1-14H,15-16H2,(H,22,23);/q;+1/p-1. The van der Waals surface area contributed by atoms with Gasteiger partial charge in [-0.1, -0.05) is 72.8 Å². The summed E-state index contributed by atoms with van der Waals surface area (Å²) in [5, 5.41) is 11.2. The molecule has 0 heterocycles. The summed E-state index contributed by atoms with van der Waals surface area (Å²) in [6, 6.07) is 24.2. The van der Waals surface area contributed by atoms with Crippen LogP contribution in [0.3, 0.4) is 0 Å². The van der Waals surface area contributed by atoms with Crippen molar-refractivity contribution in [2.24, 2.45) is 0 Å². The number of carboxylic acid groups (broad SMARTS) is 1. The molecule has 0 N–H and O–H groups in total. The molecule has 0 saturated carbocycles. The van der Waals surface area contributed by atoms with Gasteiger partial charge in [0.15, 0.2) is 0 Å². The summed E-state index contributed by atoms with van der Waals surface area (Å²) >= 11 is 0. The van der Waals surface area contributed by atoms with Crippen molar-refractivity contribution < 1.29 is 45.9 Å². The van der Waals surface area contributed by atoms with Crippen LogP contribution in [-0.2, 0) is 49.2 Å². The molecule has 0 aromatic heterocycles. The van der Waals surface area contributed by atoms with Crippen molar-refractivity contribution in [3.63, 3.8) is 0 Å². The van der Waals surface area contributed by atoms with Crippen molar-refractivity contribution in [1.82, 2.24) is 0 Å². The molecule has 0 aliphatic carbocycles. The minimum atomic E-state index is -3.67. The topological polar surface area (TPSA) is 75.7 Å². The van der Waals surface area contributed by atoms with Gasteiger partial charge in [0, 0.05) is 0 Å². The Morgan fingerprint density at radius 1 is 0.750 bits per heavy atom. The molecule has 0 spiro atoms. The van der Waals surface area contributed by atoms with Gasteiger partial charge in [0.2, 0.25) is 0 Å². The summed E-state index contributed by atoms with van der Waals surface area (Å²) in [7, 11) is -3.67. The van der Waals surface area contributed by atoms with E-state index in [0.29, 0.717) is 5.30 Å². The Kier molecular flexibility index (Phi) is 8.39. The molecule has 5 nitrogen and oxygen atoms in total. The van der Waals surface area contributed by atoms with Crippen LogP contribution in [0.25, 0.3) is 0 Å². The predicted octanol–water partition coefficient (Wildman–Crippen LogP) is 3.30. The number of rotatable bonds is 8. The first kappa shape index (κ1) is 22.3. The van der Waals surface area contributed by atoms with Crippen molar-refractivity contribution in [3.8, 4) is 0 Å². The monoisotopic (exact) mass is 488 g/mol. The van der Waals surface area contributed by atoms with Crippen molar-refractivity contribution in [1.29, 1.82) is 0 Å². The SMILES string of the molecule is O=C([O-])c1ccc(P(=O)(OCc2ccccc2)OCc2ccccc2)cc1.[Ag+]. The van der Waals surface area contributed by atoms with Gasteiger partial charge in [-0.2, -0.15) is 0 Å². The molecule has 7 heteroatoms. The zero-order valence-electron chi connectivity index (χ0n) is 14.8. The van der Waals surface area contributed by atoms with Crippen LogP contribution in [-0.4, -0.2) is 5.97 Å². The van der Waals surface area contributed by atoms with E-state index in [-0.39, 0.29) is 41.2 Å². The van der Waals surface area contributed by atoms with Crippen LogP contribution in [0.4, 0.5) is 0 Å². The van der Waals surface area contributed by atoms with Crippen LogP contribution in [0.15, 0.2) is 84.9 Å². The van der Waals surface area contributed by atoms with Gasteiger partial charge in [-0.05, 0) is 28.8 Å². The summed E-state index contributed by atoms with van der Waals surface area (Å²) in [5.41, 5.74) is 1.70. The minimum Gasteiger partial charge on any atom is -0.545 e. The summed E-state index contributed by atoms with van der Waals surface area (Å²) in [6.07, 6.45) is 0.